The minimum absolute atomic E-state index is 0.410. The fourth-order valence-corrected chi connectivity index (χ4v) is 2.22. The lowest BCUT2D eigenvalue weighted by Crippen LogP contribution is -2.21. The first-order valence-electron chi connectivity index (χ1n) is 6.78. The summed E-state index contributed by atoms with van der Waals surface area (Å²) in [5.41, 5.74) is 1.61. The highest BCUT2D eigenvalue weighted by molar-refractivity contribution is 9.10. The molecule has 2 rings (SSSR count). The summed E-state index contributed by atoms with van der Waals surface area (Å²) < 4.78 is 6.73. The maximum Gasteiger partial charge on any atom is 0.145 e. The van der Waals surface area contributed by atoms with E-state index in [0.717, 1.165) is 16.6 Å². The molecule has 0 spiro atoms. The Hall–Kier alpha value is -1.83. The predicted molar refractivity (Wildman–Crippen MR) is 87.3 cm³/mol. The molecule has 3 nitrogen and oxygen atoms in total. The van der Waals surface area contributed by atoms with E-state index >= 15 is 0 Å². The lowest BCUT2D eigenvalue weighted by Gasteiger charge is -2.11. The molecule has 0 fully saturated rings. The van der Waals surface area contributed by atoms with Gasteiger partial charge in [0.1, 0.15) is 17.6 Å². The molecule has 0 radical (unpaired) electrons. The van der Waals surface area contributed by atoms with Gasteiger partial charge in [0.2, 0.25) is 0 Å². The first-order valence-corrected chi connectivity index (χ1v) is 7.57. The number of nitriles is 1. The molecule has 108 valence electrons. The average Bonchev–Trinajstić information content (AvgIpc) is 2.46. The highest BCUT2D eigenvalue weighted by Crippen LogP contribution is 2.27. The molecule has 21 heavy (non-hydrogen) atoms. The zero-order chi connectivity index (χ0) is 15.2. The first kappa shape index (κ1) is 15.6. The van der Waals surface area contributed by atoms with E-state index < -0.39 is 0 Å². The van der Waals surface area contributed by atoms with Crippen LogP contribution in [-0.2, 0) is 6.54 Å². The molecule has 0 atom stereocenters. The third-order valence-electron chi connectivity index (χ3n) is 2.90. The molecule has 0 unspecified atom stereocenters. The van der Waals surface area contributed by atoms with Gasteiger partial charge in [-0.3, -0.25) is 0 Å². The number of hydrogen-bond acceptors (Lipinski definition) is 3. The van der Waals surface area contributed by atoms with Crippen molar-refractivity contribution in [1.29, 1.82) is 5.26 Å². The van der Waals surface area contributed by atoms with Crippen molar-refractivity contribution in [1.82, 2.24) is 5.32 Å². The van der Waals surface area contributed by atoms with Crippen molar-refractivity contribution in [3.05, 3.63) is 58.1 Å². The average molecular weight is 345 g/mol. The van der Waals surface area contributed by atoms with Crippen LogP contribution < -0.4 is 10.1 Å². The molecule has 4 heteroatoms. The van der Waals surface area contributed by atoms with Crippen molar-refractivity contribution >= 4 is 15.9 Å². The van der Waals surface area contributed by atoms with Gasteiger partial charge in [-0.05, 0) is 35.9 Å². The van der Waals surface area contributed by atoms with E-state index in [-0.39, 0.29) is 0 Å². The Morgan fingerprint density at radius 3 is 2.71 bits per heavy atom. The quantitative estimate of drug-likeness (QED) is 0.861. The SMILES string of the molecule is CC(C)NCc1ccc(Oc2cccc(Br)c2)c(C#N)c1. The number of ether oxygens (including phenoxy) is 1. The summed E-state index contributed by atoms with van der Waals surface area (Å²) >= 11 is 3.40. The number of hydrogen-bond donors (Lipinski definition) is 1. The maximum absolute atomic E-state index is 9.29. The van der Waals surface area contributed by atoms with E-state index in [9.17, 15) is 5.26 Å². The molecule has 0 bridgehead atoms. The second-order valence-corrected chi connectivity index (χ2v) is 5.95. The number of benzene rings is 2. The van der Waals surface area contributed by atoms with Crippen LogP contribution in [-0.4, -0.2) is 6.04 Å². The second kappa shape index (κ2) is 7.26. The van der Waals surface area contributed by atoms with E-state index in [2.05, 4.69) is 41.2 Å². The summed E-state index contributed by atoms with van der Waals surface area (Å²) in [4.78, 5) is 0. The number of rotatable bonds is 5. The molecular weight excluding hydrogens is 328 g/mol. The molecule has 0 aromatic heterocycles. The summed E-state index contributed by atoms with van der Waals surface area (Å²) in [6, 6.07) is 15.8. The van der Waals surface area contributed by atoms with Gasteiger partial charge in [0, 0.05) is 17.1 Å². The first-order chi connectivity index (χ1) is 10.1. The Morgan fingerprint density at radius 2 is 2.05 bits per heavy atom. The van der Waals surface area contributed by atoms with Crippen LogP contribution >= 0.6 is 15.9 Å². The largest absolute Gasteiger partial charge is 0.456 e. The van der Waals surface area contributed by atoms with Gasteiger partial charge in [-0.15, -0.1) is 0 Å². The minimum Gasteiger partial charge on any atom is -0.456 e. The summed E-state index contributed by atoms with van der Waals surface area (Å²) in [6.07, 6.45) is 0. The van der Waals surface area contributed by atoms with Gasteiger partial charge in [-0.2, -0.15) is 5.26 Å². The minimum atomic E-state index is 0.410. The van der Waals surface area contributed by atoms with Crippen LogP contribution in [0.5, 0.6) is 11.5 Å². The van der Waals surface area contributed by atoms with Gasteiger partial charge >= 0.3 is 0 Å². The van der Waals surface area contributed by atoms with E-state index in [1.54, 1.807) is 0 Å². The van der Waals surface area contributed by atoms with Gasteiger partial charge in [0.15, 0.2) is 0 Å². The van der Waals surface area contributed by atoms with Gasteiger partial charge in [0.05, 0.1) is 5.56 Å². The van der Waals surface area contributed by atoms with Gasteiger partial charge in [0.25, 0.3) is 0 Å². The van der Waals surface area contributed by atoms with Crippen molar-refractivity contribution in [2.75, 3.05) is 0 Å². The van der Waals surface area contributed by atoms with Crippen molar-refractivity contribution in [2.45, 2.75) is 26.4 Å². The maximum atomic E-state index is 9.29. The summed E-state index contributed by atoms with van der Waals surface area (Å²) in [5, 5.41) is 12.6. The highest BCUT2D eigenvalue weighted by atomic mass is 79.9. The second-order valence-electron chi connectivity index (χ2n) is 5.04. The molecule has 0 aliphatic rings. The van der Waals surface area contributed by atoms with Gasteiger partial charge < -0.3 is 10.1 Å². The summed E-state index contributed by atoms with van der Waals surface area (Å²) in [5.74, 6) is 1.28. The van der Waals surface area contributed by atoms with Crippen molar-refractivity contribution in [2.24, 2.45) is 0 Å². The summed E-state index contributed by atoms with van der Waals surface area (Å²) in [6.45, 7) is 4.93. The molecule has 0 saturated heterocycles. The molecule has 1 N–H and O–H groups in total. The zero-order valence-corrected chi connectivity index (χ0v) is 13.6. The highest BCUT2D eigenvalue weighted by Gasteiger charge is 2.07. The van der Waals surface area contributed by atoms with Crippen LogP contribution in [0.1, 0.15) is 25.0 Å². The molecule has 0 heterocycles. The normalized spacial score (nSPS) is 10.4. The van der Waals surface area contributed by atoms with Crippen LogP contribution in [0.15, 0.2) is 46.9 Å². The van der Waals surface area contributed by atoms with E-state index in [1.807, 2.05) is 42.5 Å². The van der Waals surface area contributed by atoms with Crippen LogP contribution in [0.25, 0.3) is 0 Å². The monoisotopic (exact) mass is 344 g/mol. The molecule has 2 aromatic rings. The van der Waals surface area contributed by atoms with Crippen LogP contribution in [0.3, 0.4) is 0 Å². The summed E-state index contributed by atoms with van der Waals surface area (Å²) in [7, 11) is 0. The molecule has 0 aliphatic heterocycles. The molecule has 0 aliphatic carbocycles. The molecule has 0 saturated carbocycles. The Labute approximate surface area is 133 Å². The molecule has 2 aromatic carbocycles. The smallest absolute Gasteiger partial charge is 0.145 e. The van der Waals surface area contributed by atoms with Crippen molar-refractivity contribution in [3.8, 4) is 17.6 Å². The Bertz CT molecular complexity index is 662. The van der Waals surface area contributed by atoms with Gasteiger partial charge in [-0.25, -0.2) is 0 Å². The van der Waals surface area contributed by atoms with E-state index in [0.29, 0.717) is 23.1 Å². The van der Waals surface area contributed by atoms with E-state index in [4.69, 9.17) is 4.74 Å². The third-order valence-corrected chi connectivity index (χ3v) is 3.40. The fraction of sp³-hybridized carbons (Fsp3) is 0.235. The van der Waals surface area contributed by atoms with Crippen LogP contribution in [0, 0.1) is 11.3 Å². The lowest BCUT2D eigenvalue weighted by molar-refractivity contribution is 0.480. The topological polar surface area (TPSA) is 45.0 Å². The number of halogens is 1. The Kier molecular flexibility index (Phi) is 5.38. The lowest BCUT2D eigenvalue weighted by atomic mass is 10.1. The predicted octanol–water partition coefficient (Wildman–Crippen LogP) is 4.61. The number of nitrogens with one attached hydrogen (secondary N) is 1. The Morgan fingerprint density at radius 1 is 1.24 bits per heavy atom. The zero-order valence-electron chi connectivity index (χ0n) is 12.1. The van der Waals surface area contributed by atoms with Crippen molar-refractivity contribution in [3.63, 3.8) is 0 Å². The fourth-order valence-electron chi connectivity index (χ4n) is 1.84. The van der Waals surface area contributed by atoms with Gasteiger partial charge in [-0.1, -0.05) is 41.9 Å². The third kappa shape index (κ3) is 4.59. The van der Waals surface area contributed by atoms with Crippen LogP contribution in [0.2, 0.25) is 0 Å². The molecular formula is C17H17BrN2O. The van der Waals surface area contributed by atoms with E-state index in [1.165, 1.54) is 0 Å². The Balaban J connectivity index is 2.18. The molecule has 0 amide bonds. The van der Waals surface area contributed by atoms with Crippen molar-refractivity contribution < 1.29 is 4.74 Å². The standard InChI is InChI=1S/C17H17BrN2O/c1-12(2)20-11-13-6-7-17(14(8-13)10-19)21-16-5-3-4-15(18)9-16/h3-9,12,20H,11H2,1-2H3. The number of nitrogens with zero attached hydrogens (tertiary/aromatic N) is 1. The van der Waals surface area contributed by atoms with Crippen LogP contribution in [0.4, 0.5) is 0 Å².